The fraction of sp³-hybridized carbons (Fsp3) is 0.727. The molecule has 4 aliphatic rings. The van der Waals surface area contributed by atoms with Crippen molar-refractivity contribution >= 4 is 34.8 Å². The molecule has 0 aromatic carbocycles. The van der Waals surface area contributed by atoms with Gasteiger partial charge in [-0.15, -0.1) is 23.2 Å². The Labute approximate surface area is 176 Å². The van der Waals surface area contributed by atoms with Crippen LogP contribution in [0.3, 0.4) is 0 Å². The fourth-order valence-corrected chi connectivity index (χ4v) is 8.43. The Balaban J connectivity index is 1.84. The number of hydrogen-bond acceptors (Lipinski definition) is 4. The summed E-state index contributed by atoms with van der Waals surface area (Å²) in [6.45, 7) is 5.20. The summed E-state index contributed by atoms with van der Waals surface area (Å²) < 4.78 is 0. The minimum absolute atomic E-state index is 0.00149. The van der Waals surface area contributed by atoms with Crippen molar-refractivity contribution in [3.63, 3.8) is 0 Å². The lowest BCUT2D eigenvalue weighted by molar-refractivity contribution is -0.167. The van der Waals surface area contributed by atoms with Crippen LogP contribution in [-0.4, -0.2) is 44.2 Å². The molecule has 2 N–H and O–H groups in total. The van der Waals surface area contributed by atoms with Gasteiger partial charge in [0, 0.05) is 10.8 Å². The number of hydrogen-bond donors (Lipinski definition) is 2. The molecule has 4 nitrogen and oxygen atoms in total. The maximum absolute atomic E-state index is 12.6. The van der Waals surface area contributed by atoms with E-state index in [1.54, 1.807) is 12.2 Å². The number of alkyl halides is 2. The molecule has 3 saturated carbocycles. The van der Waals surface area contributed by atoms with E-state index in [1.807, 2.05) is 19.9 Å². The summed E-state index contributed by atoms with van der Waals surface area (Å²) in [6.07, 6.45) is 7.76. The molecule has 0 saturated heterocycles. The van der Waals surface area contributed by atoms with Gasteiger partial charge in [-0.25, -0.2) is 0 Å². The van der Waals surface area contributed by atoms with E-state index >= 15 is 0 Å². The van der Waals surface area contributed by atoms with Gasteiger partial charge in [0.2, 0.25) is 0 Å². The van der Waals surface area contributed by atoms with Gasteiger partial charge in [0.1, 0.15) is 12.2 Å². The molecule has 0 spiro atoms. The summed E-state index contributed by atoms with van der Waals surface area (Å²) in [6, 6.07) is 0. The zero-order valence-corrected chi connectivity index (χ0v) is 18.1. The van der Waals surface area contributed by atoms with Gasteiger partial charge in [-0.3, -0.25) is 9.59 Å². The third-order valence-corrected chi connectivity index (χ3v) is 10.3. The first-order valence-corrected chi connectivity index (χ1v) is 10.9. The first-order chi connectivity index (χ1) is 13.0. The van der Waals surface area contributed by atoms with Crippen molar-refractivity contribution in [2.45, 2.75) is 62.3 Å². The van der Waals surface area contributed by atoms with Crippen LogP contribution in [0.1, 0.15) is 46.5 Å². The molecule has 6 heteroatoms. The van der Waals surface area contributed by atoms with E-state index in [1.165, 1.54) is 0 Å². The quantitative estimate of drug-likeness (QED) is 0.663. The Morgan fingerprint density at radius 1 is 1.32 bits per heavy atom. The number of halogens is 2. The maximum atomic E-state index is 12.6. The van der Waals surface area contributed by atoms with Crippen LogP contribution in [0, 0.1) is 28.6 Å². The summed E-state index contributed by atoms with van der Waals surface area (Å²) in [7, 11) is 0. The summed E-state index contributed by atoms with van der Waals surface area (Å²) in [5.41, 5.74) is -1.86. The highest BCUT2D eigenvalue weighted by Crippen LogP contribution is 2.72. The number of allylic oxidation sites excluding steroid dienone is 4. The Hall–Kier alpha value is -0.680. The maximum Gasteiger partial charge on any atom is 0.190 e. The average Bonchev–Trinajstić information content (AvgIpc) is 2.84. The van der Waals surface area contributed by atoms with Gasteiger partial charge in [0.05, 0.1) is 10.3 Å². The molecule has 0 amide bonds. The van der Waals surface area contributed by atoms with Crippen LogP contribution in [0.15, 0.2) is 23.8 Å². The molecule has 0 radical (unpaired) electrons. The number of rotatable bonds is 2. The second kappa shape index (κ2) is 6.16. The first kappa shape index (κ1) is 20.6. The Morgan fingerprint density at radius 2 is 2.00 bits per heavy atom. The minimum Gasteiger partial charge on any atom is -0.388 e. The van der Waals surface area contributed by atoms with Crippen LogP contribution in [0.25, 0.3) is 0 Å². The lowest BCUT2D eigenvalue weighted by atomic mass is 9.46. The molecule has 0 aromatic heterocycles. The van der Waals surface area contributed by atoms with Crippen molar-refractivity contribution in [1.29, 1.82) is 0 Å². The van der Waals surface area contributed by atoms with E-state index in [0.29, 0.717) is 12.8 Å². The van der Waals surface area contributed by atoms with E-state index < -0.39 is 39.1 Å². The third kappa shape index (κ3) is 2.16. The molecule has 4 rings (SSSR count). The summed E-state index contributed by atoms with van der Waals surface area (Å²) in [5, 5.41) is 20.6. The number of aliphatic hydroxyl groups excluding tert-OH is 1. The van der Waals surface area contributed by atoms with E-state index in [4.69, 9.17) is 23.2 Å². The van der Waals surface area contributed by atoms with Crippen molar-refractivity contribution in [1.82, 2.24) is 0 Å². The summed E-state index contributed by atoms with van der Waals surface area (Å²) in [5.74, 6) is -0.811. The zero-order chi connectivity index (χ0) is 20.7. The number of carbonyl (C=O) groups excluding carboxylic acids is 2. The summed E-state index contributed by atoms with van der Waals surface area (Å²) in [4.78, 5) is 23.8. The van der Waals surface area contributed by atoms with Crippen LogP contribution in [0.2, 0.25) is 0 Å². The van der Waals surface area contributed by atoms with Gasteiger partial charge in [-0.1, -0.05) is 32.4 Å². The molecular weight excluding hydrogens is 399 g/mol. The molecule has 154 valence electrons. The molecule has 28 heavy (non-hydrogen) atoms. The summed E-state index contributed by atoms with van der Waals surface area (Å²) >= 11 is 14.4. The molecule has 0 aliphatic heterocycles. The average molecular weight is 427 g/mol. The van der Waals surface area contributed by atoms with E-state index in [9.17, 15) is 19.8 Å². The molecule has 0 heterocycles. The molecule has 0 aromatic rings. The molecule has 8 atom stereocenters. The van der Waals surface area contributed by atoms with Crippen LogP contribution >= 0.6 is 23.2 Å². The molecule has 0 bridgehead atoms. The first-order valence-electron chi connectivity index (χ1n) is 10.1. The van der Waals surface area contributed by atoms with Gasteiger partial charge in [0.25, 0.3) is 0 Å². The van der Waals surface area contributed by atoms with Crippen molar-refractivity contribution in [3.8, 4) is 0 Å². The Bertz CT molecular complexity index is 806. The van der Waals surface area contributed by atoms with E-state index in [0.717, 1.165) is 18.4 Å². The van der Waals surface area contributed by atoms with Gasteiger partial charge in [-0.05, 0) is 55.6 Å². The predicted octanol–water partition coefficient (Wildman–Crippen LogP) is 3.41. The van der Waals surface area contributed by atoms with Crippen molar-refractivity contribution in [2.75, 3.05) is 6.61 Å². The van der Waals surface area contributed by atoms with E-state index in [-0.39, 0.29) is 23.5 Å². The smallest absolute Gasteiger partial charge is 0.190 e. The largest absolute Gasteiger partial charge is 0.388 e. The topological polar surface area (TPSA) is 74.6 Å². The van der Waals surface area contributed by atoms with Crippen LogP contribution in [0.4, 0.5) is 0 Å². The molecule has 0 unspecified atom stereocenters. The number of carbonyl (C=O) groups is 2. The number of ketones is 2. The highest BCUT2D eigenvalue weighted by atomic mass is 35.5. The number of fused-ring (bicyclic) bond motifs is 5. The van der Waals surface area contributed by atoms with Crippen LogP contribution in [-0.2, 0) is 9.59 Å². The lowest BCUT2D eigenvalue weighted by Gasteiger charge is -2.63. The predicted molar refractivity (Wildman–Crippen MR) is 108 cm³/mol. The second-order valence-electron chi connectivity index (χ2n) is 9.70. The number of aliphatic hydroxyl groups is 2. The SMILES string of the molecule is C[C@@H]1C[C@H]2[C@@H]3CCC4=CC(=O)C=C[C@]4(C)[C@@]3(Cl)[C@@H](Cl)C[C@]2(C)[C@@]1(O)C(=O)CO. The third-order valence-electron chi connectivity index (χ3n) is 8.75. The lowest BCUT2D eigenvalue weighted by Crippen LogP contribution is -2.67. The number of Topliss-reactive ketones (excluding diaryl/α,β-unsaturated/α-hetero) is 1. The molecule has 4 aliphatic carbocycles. The molecular formula is C22H28Cl2O4. The van der Waals surface area contributed by atoms with Gasteiger partial charge >= 0.3 is 0 Å². The van der Waals surface area contributed by atoms with Crippen molar-refractivity contribution < 1.29 is 19.8 Å². The Morgan fingerprint density at radius 3 is 2.64 bits per heavy atom. The Kier molecular flexibility index (Phi) is 4.53. The van der Waals surface area contributed by atoms with Crippen molar-refractivity contribution in [3.05, 3.63) is 23.8 Å². The standard InChI is InChI=1S/C22H28Cl2O4/c1-12-8-16-15-5-4-13-9-14(26)6-7-19(13,2)21(15,24)17(23)10-20(16,3)22(12,28)18(27)11-25/h6-7,9,12,15-17,25,28H,4-5,8,10-11H2,1-3H3/t12-,15+,16+,17+,19+,20+,21+,22+/m1/s1. The van der Waals surface area contributed by atoms with Gasteiger partial charge in [0.15, 0.2) is 11.6 Å². The van der Waals surface area contributed by atoms with Crippen LogP contribution < -0.4 is 0 Å². The van der Waals surface area contributed by atoms with E-state index in [2.05, 4.69) is 6.92 Å². The minimum atomic E-state index is -1.60. The molecule has 3 fully saturated rings. The highest BCUT2D eigenvalue weighted by Gasteiger charge is 2.74. The fourth-order valence-electron chi connectivity index (χ4n) is 7.20. The highest BCUT2D eigenvalue weighted by molar-refractivity contribution is 6.34. The van der Waals surface area contributed by atoms with Gasteiger partial charge in [-0.2, -0.15) is 0 Å². The van der Waals surface area contributed by atoms with Crippen molar-refractivity contribution in [2.24, 2.45) is 28.6 Å². The zero-order valence-electron chi connectivity index (χ0n) is 16.5. The second-order valence-corrected chi connectivity index (χ2v) is 10.9. The van der Waals surface area contributed by atoms with Gasteiger partial charge < -0.3 is 10.2 Å². The van der Waals surface area contributed by atoms with Crippen LogP contribution in [0.5, 0.6) is 0 Å². The normalized spacial score (nSPS) is 52.5. The monoisotopic (exact) mass is 426 g/mol.